The Hall–Kier alpha value is -4.79. The first-order chi connectivity index (χ1) is 17.0. The number of fused-ring (bicyclic) bond motifs is 1. The van der Waals surface area contributed by atoms with Gasteiger partial charge in [0.1, 0.15) is 17.2 Å². The standard InChI is InChI=1S/C26H20N4O5/c1-15-6-3-11-27-24(15)30-25(31)16(2)35-26(32)17-9-10-18-19(14-17)29-23(21-8-5-13-34-21)22(28-18)20-7-4-12-33-20/h3-14,16H,1-2H3,(H,27,30,31). The predicted octanol–water partition coefficient (Wildman–Crippen LogP) is 5.04. The average molecular weight is 468 g/mol. The van der Waals surface area contributed by atoms with Crippen molar-refractivity contribution in [3.63, 3.8) is 0 Å². The van der Waals surface area contributed by atoms with Crippen LogP contribution >= 0.6 is 0 Å². The van der Waals surface area contributed by atoms with Crippen LogP contribution in [0.3, 0.4) is 0 Å². The number of ether oxygens (including phenoxy) is 1. The lowest BCUT2D eigenvalue weighted by Crippen LogP contribution is -2.30. The summed E-state index contributed by atoms with van der Waals surface area (Å²) in [5.74, 6) is 0.318. The number of hydrogen-bond donors (Lipinski definition) is 1. The summed E-state index contributed by atoms with van der Waals surface area (Å²) < 4.78 is 16.4. The molecular formula is C26H20N4O5. The van der Waals surface area contributed by atoms with Crippen molar-refractivity contribution >= 4 is 28.7 Å². The molecule has 5 aromatic rings. The highest BCUT2D eigenvalue weighted by Crippen LogP contribution is 2.31. The van der Waals surface area contributed by atoms with Crippen molar-refractivity contribution in [2.24, 2.45) is 0 Å². The minimum Gasteiger partial charge on any atom is -0.463 e. The van der Waals surface area contributed by atoms with Gasteiger partial charge in [0.15, 0.2) is 17.6 Å². The van der Waals surface area contributed by atoms with E-state index in [4.69, 9.17) is 13.6 Å². The minimum atomic E-state index is -1.04. The molecule has 0 saturated heterocycles. The van der Waals surface area contributed by atoms with Gasteiger partial charge in [0.25, 0.3) is 5.91 Å². The van der Waals surface area contributed by atoms with E-state index < -0.39 is 18.0 Å². The van der Waals surface area contributed by atoms with Gasteiger partial charge in [-0.15, -0.1) is 0 Å². The number of carbonyl (C=O) groups excluding carboxylic acids is 2. The highest BCUT2D eigenvalue weighted by Gasteiger charge is 2.22. The van der Waals surface area contributed by atoms with Crippen molar-refractivity contribution < 1.29 is 23.2 Å². The van der Waals surface area contributed by atoms with Crippen LogP contribution in [0.5, 0.6) is 0 Å². The molecule has 1 amide bonds. The first-order valence-corrected chi connectivity index (χ1v) is 10.8. The molecule has 1 atom stereocenters. The van der Waals surface area contributed by atoms with Crippen molar-refractivity contribution in [2.45, 2.75) is 20.0 Å². The lowest BCUT2D eigenvalue weighted by molar-refractivity contribution is -0.123. The van der Waals surface area contributed by atoms with Crippen LogP contribution in [0, 0.1) is 6.92 Å². The Bertz CT molecular complexity index is 1510. The van der Waals surface area contributed by atoms with E-state index in [9.17, 15) is 9.59 Å². The number of aromatic nitrogens is 3. The van der Waals surface area contributed by atoms with Crippen LogP contribution in [0.1, 0.15) is 22.8 Å². The van der Waals surface area contributed by atoms with Crippen LogP contribution < -0.4 is 5.32 Å². The number of pyridine rings is 1. The third kappa shape index (κ3) is 4.51. The normalized spacial score (nSPS) is 11.8. The fraction of sp³-hybridized carbons (Fsp3) is 0.115. The summed E-state index contributed by atoms with van der Waals surface area (Å²) in [7, 11) is 0. The number of rotatable bonds is 6. The van der Waals surface area contributed by atoms with Gasteiger partial charge in [0.2, 0.25) is 0 Å². The molecule has 9 heteroatoms. The predicted molar refractivity (Wildman–Crippen MR) is 127 cm³/mol. The van der Waals surface area contributed by atoms with Crippen molar-refractivity contribution in [3.8, 4) is 22.9 Å². The maximum atomic E-state index is 12.8. The highest BCUT2D eigenvalue weighted by atomic mass is 16.5. The van der Waals surface area contributed by atoms with Gasteiger partial charge < -0.3 is 18.9 Å². The molecule has 35 heavy (non-hydrogen) atoms. The minimum absolute atomic E-state index is 0.233. The molecule has 4 aromatic heterocycles. The number of anilines is 1. The summed E-state index contributed by atoms with van der Waals surface area (Å²) in [5, 5.41) is 2.67. The number of carbonyl (C=O) groups is 2. The van der Waals surface area contributed by atoms with Crippen LogP contribution in [0.15, 0.2) is 82.2 Å². The molecule has 5 rings (SSSR count). The average Bonchev–Trinajstić information content (AvgIpc) is 3.59. The quantitative estimate of drug-likeness (QED) is 0.344. The third-order valence-electron chi connectivity index (χ3n) is 5.31. The number of hydrogen-bond acceptors (Lipinski definition) is 8. The van der Waals surface area contributed by atoms with Crippen LogP contribution in [-0.2, 0) is 9.53 Å². The zero-order valence-corrected chi connectivity index (χ0v) is 18.9. The smallest absolute Gasteiger partial charge is 0.338 e. The van der Waals surface area contributed by atoms with Gasteiger partial charge in [0, 0.05) is 6.20 Å². The van der Waals surface area contributed by atoms with E-state index in [0.29, 0.717) is 39.8 Å². The van der Waals surface area contributed by atoms with Crippen molar-refractivity contribution in [3.05, 3.63) is 84.4 Å². The number of benzene rings is 1. The monoisotopic (exact) mass is 468 g/mol. The molecule has 4 heterocycles. The van der Waals surface area contributed by atoms with E-state index >= 15 is 0 Å². The van der Waals surface area contributed by atoms with E-state index in [1.165, 1.54) is 6.92 Å². The molecule has 174 valence electrons. The molecule has 0 aliphatic rings. The summed E-state index contributed by atoms with van der Waals surface area (Å²) in [4.78, 5) is 38.8. The van der Waals surface area contributed by atoms with Gasteiger partial charge in [-0.25, -0.2) is 19.7 Å². The fourth-order valence-electron chi connectivity index (χ4n) is 3.47. The first-order valence-electron chi connectivity index (χ1n) is 10.8. The second kappa shape index (κ2) is 9.22. The van der Waals surface area contributed by atoms with Crippen LogP contribution in [0.2, 0.25) is 0 Å². The first kappa shape index (κ1) is 22.0. The van der Waals surface area contributed by atoms with Crippen molar-refractivity contribution in [2.75, 3.05) is 5.32 Å². The number of nitrogens with one attached hydrogen (secondary N) is 1. The molecule has 0 saturated carbocycles. The lowest BCUT2D eigenvalue weighted by Gasteiger charge is -2.14. The van der Waals surface area contributed by atoms with E-state index in [0.717, 1.165) is 5.56 Å². The van der Waals surface area contributed by atoms with Gasteiger partial charge in [-0.3, -0.25) is 4.79 Å². The molecule has 1 aromatic carbocycles. The van der Waals surface area contributed by atoms with Crippen molar-refractivity contribution in [1.82, 2.24) is 15.0 Å². The molecule has 1 unspecified atom stereocenters. The number of amides is 1. The molecule has 0 radical (unpaired) electrons. The third-order valence-corrected chi connectivity index (χ3v) is 5.31. The largest absolute Gasteiger partial charge is 0.463 e. The molecule has 0 aliphatic heterocycles. The molecule has 0 bridgehead atoms. The van der Waals surface area contributed by atoms with Gasteiger partial charge in [-0.2, -0.15) is 0 Å². The van der Waals surface area contributed by atoms with Gasteiger partial charge >= 0.3 is 5.97 Å². The second-order valence-electron chi connectivity index (χ2n) is 7.78. The number of esters is 1. The van der Waals surface area contributed by atoms with E-state index in [-0.39, 0.29) is 5.56 Å². The zero-order valence-electron chi connectivity index (χ0n) is 18.9. The Labute approximate surface area is 199 Å². The maximum Gasteiger partial charge on any atom is 0.338 e. The Balaban J connectivity index is 1.41. The topological polar surface area (TPSA) is 120 Å². The summed E-state index contributed by atoms with van der Waals surface area (Å²) in [6.07, 6.45) is 3.63. The van der Waals surface area contributed by atoms with Gasteiger partial charge in [-0.05, 0) is 67.9 Å². The Morgan fingerprint density at radius 3 is 2.23 bits per heavy atom. The van der Waals surface area contributed by atoms with Crippen LogP contribution in [-0.4, -0.2) is 32.9 Å². The molecule has 9 nitrogen and oxygen atoms in total. The zero-order chi connectivity index (χ0) is 24.4. The van der Waals surface area contributed by atoms with E-state index in [1.54, 1.807) is 67.3 Å². The Morgan fingerprint density at radius 1 is 0.914 bits per heavy atom. The van der Waals surface area contributed by atoms with Gasteiger partial charge in [0.05, 0.1) is 29.1 Å². The van der Waals surface area contributed by atoms with E-state index in [1.807, 2.05) is 13.0 Å². The molecule has 0 aliphatic carbocycles. The molecular weight excluding hydrogens is 448 g/mol. The molecule has 0 spiro atoms. The maximum absolute atomic E-state index is 12.8. The van der Waals surface area contributed by atoms with Crippen LogP contribution in [0.25, 0.3) is 33.9 Å². The Morgan fingerprint density at radius 2 is 1.60 bits per heavy atom. The number of aryl methyl sites for hydroxylation is 1. The summed E-state index contributed by atoms with van der Waals surface area (Å²) in [6, 6.07) is 15.5. The number of nitrogens with zero attached hydrogens (tertiary/aromatic N) is 3. The molecule has 0 fully saturated rings. The Kier molecular flexibility index (Phi) is 5.80. The second-order valence-corrected chi connectivity index (χ2v) is 7.78. The summed E-state index contributed by atoms with van der Waals surface area (Å²) in [6.45, 7) is 3.32. The fourth-order valence-corrected chi connectivity index (χ4v) is 3.47. The summed E-state index contributed by atoms with van der Waals surface area (Å²) in [5.41, 5.74) is 3.04. The van der Waals surface area contributed by atoms with Gasteiger partial charge in [-0.1, -0.05) is 6.07 Å². The van der Waals surface area contributed by atoms with Crippen LogP contribution in [0.4, 0.5) is 5.82 Å². The van der Waals surface area contributed by atoms with E-state index in [2.05, 4.69) is 20.3 Å². The lowest BCUT2D eigenvalue weighted by atomic mass is 10.1. The number of furan rings is 2. The SMILES string of the molecule is Cc1cccnc1NC(=O)C(C)OC(=O)c1ccc2nc(-c3ccco3)c(-c3ccco3)nc2c1. The molecule has 1 N–H and O–H groups in total. The highest BCUT2D eigenvalue weighted by molar-refractivity contribution is 5.98. The van der Waals surface area contributed by atoms with Crippen molar-refractivity contribution in [1.29, 1.82) is 0 Å². The summed E-state index contributed by atoms with van der Waals surface area (Å²) >= 11 is 0.